The molecule has 0 spiro atoms. The molecule has 1 aromatic heterocycles. The molecule has 0 bridgehead atoms. The predicted octanol–water partition coefficient (Wildman–Crippen LogP) is 4.63. The van der Waals surface area contributed by atoms with E-state index in [4.69, 9.17) is 14.9 Å². The summed E-state index contributed by atoms with van der Waals surface area (Å²) in [6, 6.07) is 0. The maximum absolute atomic E-state index is 15.1. The number of hydrogen-bond donors (Lipinski definition) is 3. The number of nitrogens with zero attached hydrogens (tertiary/aromatic N) is 1. The number of nitrogens with two attached hydrogens (primary N) is 1. The summed E-state index contributed by atoms with van der Waals surface area (Å²) in [6.45, 7) is 8.58. The predicted molar refractivity (Wildman–Crippen MR) is 129 cm³/mol. The molecule has 35 heavy (non-hydrogen) atoms. The first kappa shape index (κ1) is 28.7. The molecule has 196 valence electrons. The lowest BCUT2D eigenvalue weighted by Crippen LogP contribution is -2.40. The normalized spacial score (nSPS) is 31.5. The molecule has 1 unspecified atom stereocenters. The van der Waals surface area contributed by atoms with E-state index in [1.807, 2.05) is 13.8 Å². The number of carbonyl (C=O) groups excluding carboxylic acids is 2. The molecule has 9 heteroatoms. The van der Waals surface area contributed by atoms with Gasteiger partial charge in [0, 0.05) is 12.0 Å². The topological polar surface area (TPSA) is 136 Å². The van der Waals surface area contributed by atoms with Gasteiger partial charge in [-0.05, 0) is 44.9 Å². The summed E-state index contributed by atoms with van der Waals surface area (Å²) in [6.07, 6.45) is 4.36. The first-order valence-electron chi connectivity index (χ1n) is 12.2. The maximum Gasteiger partial charge on any atom is 0.334 e. The molecular formula is C26H39FN2O6. The number of esters is 1. The Labute approximate surface area is 206 Å². The summed E-state index contributed by atoms with van der Waals surface area (Å²) in [5.41, 5.74) is 4.25. The van der Waals surface area contributed by atoms with Crippen molar-refractivity contribution in [3.63, 3.8) is 0 Å². The van der Waals surface area contributed by atoms with Gasteiger partial charge < -0.3 is 25.1 Å². The summed E-state index contributed by atoms with van der Waals surface area (Å²) in [5, 5.41) is 21.3. The van der Waals surface area contributed by atoms with E-state index in [1.54, 1.807) is 6.92 Å². The Morgan fingerprint density at radius 3 is 2.54 bits per heavy atom. The number of cyclic esters (lactones) is 1. The third-order valence-corrected chi connectivity index (χ3v) is 6.89. The van der Waals surface area contributed by atoms with E-state index in [-0.39, 0.29) is 36.4 Å². The van der Waals surface area contributed by atoms with E-state index in [2.05, 4.69) is 4.98 Å². The van der Waals surface area contributed by atoms with Gasteiger partial charge in [0.1, 0.15) is 23.5 Å². The first-order chi connectivity index (χ1) is 16.4. The van der Waals surface area contributed by atoms with Crippen molar-refractivity contribution in [3.8, 4) is 0 Å². The van der Waals surface area contributed by atoms with Crippen molar-refractivity contribution >= 4 is 17.8 Å². The second-order valence-electron chi connectivity index (χ2n) is 10.2. The first-order valence-corrected chi connectivity index (χ1v) is 12.2. The lowest BCUT2D eigenvalue weighted by Gasteiger charge is -2.31. The number of aromatic nitrogens is 1. The molecule has 0 radical (unpaired) electrons. The number of ether oxygens (including phenoxy) is 1. The molecule has 0 saturated carbocycles. The van der Waals surface area contributed by atoms with E-state index < -0.39 is 46.9 Å². The summed E-state index contributed by atoms with van der Waals surface area (Å²) < 4.78 is 25.6. The number of rotatable bonds is 3. The van der Waals surface area contributed by atoms with Crippen molar-refractivity contribution in [2.45, 2.75) is 85.5 Å². The zero-order valence-corrected chi connectivity index (χ0v) is 21.3. The lowest BCUT2D eigenvalue weighted by atomic mass is 9.75. The van der Waals surface area contributed by atoms with Gasteiger partial charge in [0.25, 0.3) is 0 Å². The van der Waals surface area contributed by atoms with Crippen LogP contribution in [0.2, 0.25) is 0 Å². The van der Waals surface area contributed by atoms with Crippen LogP contribution in [0, 0.1) is 23.2 Å². The molecular weight excluding hydrogens is 455 g/mol. The van der Waals surface area contributed by atoms with E-state index in [9.17, 15) is 19.8 Å². The van der Waals surface area contributed by atoms with Gasteiger partial charge in [-0.2, -0.15) is 0 Å². The number of oxazole rings is 1. The average Bonchev–Trinajstić information content (AvgIpc) is 3.26. The van der Waals surface area contributed by atoms with Crippen LogP contribution in [-0.4, -0.2) is 39.2 Å². The van der Waals surface area contributed by atoms with Crippen LogP contribution in [0.15, 0.2) is 28.3 Å². The quantitative estimate of drug-likeness (QED) is 0.518. The highest BCUT2D eigenvalue weighted by atomic mass is 19.1. The largest absolute Gasteiger partial charge is 0.511 e. The highest BCUT2D eigenvalue weighted by Crippen LogP contribution is 2.33. The Bertz CT molecular complexity index is 938. The Morgan fingerprint density at radius 2 is 1.91 bits per heavy atom. The molecule has 1 aliphatic heterocycles. The molecule has 2 rings (SSSR count). The average molecular weight is 495 g/mol. The Balaban J connectivity index is 2.35. The van der Waals surface area contributed by atoms with Crippen molar-refractivity contribution in [2.75, 3.05) is 0 Å². The second kappa shape index (κ2) is 12.4. The van der Waals surface area contributed by atoms with Gasteiger partial charge in [-0.3, -0.25) is 4.79 Å². The van der Waals surface area contributed by atoms with E-state index in [0.717, 1.165) is 31.4 Å². The van der Waals surface area contributed by atoms with Gasteiger partial charge in [-0.25, -0.2) is 14.2 Å². The summed E-state index contributed by atoms with van der Waals surface area (Å²) in [4.78, 5) is 29.7. The maximum atomic E-state index is 15.1. The van der Waals surface area contributed by atoms with E-state index in [1.165, 1.54) is 20.1 Å². The van der Waals surface area contributed by atoms with Crippen LogP contribution >= 0.6 is 0 Å². The number of aliphatic hydroxyl groups excluding tert-OH is 2. The number of halogens is 1. The van der Waals surface area contributed by atoms with E-state index in [0.29, 0.717) is 6.42 Å². The molecule has 1 aliphatic rings. The Hall–Kier alpha value is -2.52. The van der Waals surface area contributed by atoms with Gasteiger partial charge in [-0.15, -0.1) is 0 Å². The van der Waals surface area contributed by atoms with Gasteiger partial charge in [0.05, 0.1) is 24.1 Å². The van der Waals surface area contributed by atoms with Crippen molar-refractivity contribution < 1.29 is 33.3 Å². The van der Waals surface area contributed by atoms with Gasteiger partial charge in [0.15, 0.2) is 11.9 Å². The third kappa shape index (κ3) is 7.73. The number of aliphatic hydroxyl groups is 2. The van der Waals surface area contributed by atoms with Crippen molar-refractivity contribution in [1.29, 1.82) is 0 Å². The minimum Gasteiger partial charge on any atom is -0.511 e. The zero-order valence-electron chi connectivity index (χ0n) is 21.3. The van der Waals surface area contributed by atoms with Crippen molar-refractivity contribution in [2.24, 2.45) is 28.9 Å². The van der Waals surface area contributed by atoms with Gasteiger partial charge in [-0.1, -0.05) is 33.6 Å². The molecule has 8 nitrogen and oxygen atoms in total. The number of ketones is 1. The molecule has 0 amide bonds. The monoisotopic (exact) mass is 494 g/mol. The SMILES string of the molecule is CC1CCC[C@H](C)[C@H](O)[C@@H](C)C(=O)C(C)(C)/C(O)=C/C(=O)O[C@H](C(F)=Cc2coc(CN)n2)CC1. The lowest BCUT2D eigenvalue weighted by molar-refractivity contribution is -0.142. The summed E-state index contributed by atoms with van der Waals surface area (Å²) in [5.74, 6) is -2.98. The standard InChI is InChI=1S/C26H39FN2O6/c1-15-7-6-8-16(2)24(32)17(3)25(33)26(4,5)21(30)12-23(31)35-20(10-9-15)19(27)11-18-14-34-22(13-28)29-18/h11-12,14-17,20,24,30,32H,6-10,13,28H2,1-5H3/b19-11?,21-12-/t15?,16-,17+,20-,24-/m0/s1. The number of hydrogen-bond acceptors (Lipinski definition) is 8. The van der Waals surface area contributed by atoms with Crippen molar-refractivity contribution in [3.05, 3.63) is 35.5 Å². The van der Waals surface area contributed by atoms with Crippen LogP contribution in [-0.2, 0) is 20.9 Å². The summed E-state index contributed by atoms with van der Waals surface area (Å²) >= 11 is 0. The Kier molecular flexibility index (Phi) is 10.2. The minimum absolute atomic E-state index is 0.0677. The summed E-state index contributed by atoms with van der Waals surface area (Å²) in [7, 11) is 0. The van der Waals surface area contributed by atoms with Gasteiger partial charge >= 0.3 is 5.97 Å². The minimum atomic E-state index is -1.44. The molecule has 5 atom stereocenters. The van der Waals surface area contributed by atoms with Crippen LogP contribution in [0.5, 0.6) is 0 Å². The zero-order chi connectivity index (χ0) is 26.3. The fourth-order valence-electron chi connectivity index (χ4n) is 4.32. The molecule has 0 saturated heterocycles. The van der Waals surface area contributed by atoms with Crippen LogP contribution in [0.4, 0.5) is 4.39 Å². The highest BCUT2D eigenvalue weighted by molar-refractivity contribution is 5.91. The van der Waals surface area contributed by atoms with E-state index >= 15 is 4.39 Å². The molecule has 2 heterocycles. The van der Waals surface area contributed by atoms with Crippen molar-refractivity contribution in [1.82, 2.24) is 4.98 Å². The smallest absolute Gasteiger partial charge is 0.334 e. The van der Waals surface area contributed by atoms with Crippen LogP contribution in [0.25, 0.3) is 6.08 Å². The second-order valence-corrected chi connectivity index (χ2v) is 10.2. The highest BCUT2D eigenvalue weighted by Gasteiger charge is 2.40. The fraction of sp³-hybridized carbons (Fsp3) is 0.654. The third-order valence-electron chi connectivity index (χ3n) is 6.89. The number of allylic oxidation sites excluding steroid dienone is 1. The molecule has 1 aromatic rings. The Morgan fingerprint density at radius 1 is 1.23 bits per heavy atom. The fourth-order valence-corrected chi connectivity index (χ4v) is 4.32. The van der Waals surface area contributed by atoms with Crippen LogP contribution < -0.4 is 5.73 Å². The molecule has 0 aliphatic carbocycles. The molecule has 4 N–H and O–H groups in total. The molecule has 0 aromatic carbocycles. The van der Waals surface area contributed by atoms with Crippen LogP contribution in [0.3, 0.4) is 0 Å². The van der Waals surface area contributed by atoms with Crippen LogP contribution in [0.1, 0.15) is 78.3 Å². The number of Topliss-reactive ketones (excluding diaryl/α,β-unsaturated/α-hetero) is 1. The number of carbonyl (C=O) groups is 2. The van der Waals surface area contributed by atoms with Gasteiger partial charge in [0.2, 0.25) is 5.89 Å². The molecule has 0 fully saturated rings.